The number of non-ortho nitro benzene ring substituents is 1. The summed E-state index contributed by atoms with van der Waals surface area (Å²) in [5, 5.41) is 10.3. The highest BCUT2D eigenvalue weighted by Crippen LogP contribution is 2.16. The monoisotopic (exact) mass is 232 g/mol. The van der Waals surface area contributed by atoms with E-state index in [1.54, 1.807) is 0 Å². The highest BCUT2D eigenvalue weighted by Gasteiger charge is 2.09. The molecule has 0 atom stereocenters. The molecule has 0 unspecified atom stereocenters. The van der Waals surface area contributed by atoms with E-state index in [1.807, 2.05) is 0 Å². The third-order valence-electron chi connectivity index (χ3n) is 1.54. The maximum absolute atomic E-state index is 10.9. The fraction of sp³-hybridized carbons (Fsp3) is 0.143. The second kappa shape index (κ2) is 4.24. The lowest BCUT2D eigenvalue weighted by Gasteiger charge is -2.04. The molecule has 15 heavy (non-hydrogen) atoms. The minimum Gasteiger partial charge on any atom is -0.261 e. The van der Waals surface area contributed by atoms with Gasteiger partial charge in [0, 0.05) is 12.1 Å². The average molecular weight is 232 g/mol. The lowest BCUT2D eigenvalue weighted by atomic mass is 10.3. The second-order valence-electron chi connectivity index (χ2n) is 2.53. The van der Waals surface area contributed by atoms with Gasteiger partial charge in [0.1, 0.15) is 0 Å². The Kier molecular flexibility index (Phi) is 3.22. The van der Waals surface area contributed by atoms with E-state index in [9.17, 15) is 18.5 Å². The molecule has 0 bridgehead atoms. The zero-order valence-electron chi connectivity index (χ0n) is 7.71. The molecule has 0 saturated carbocycles. The van der Waals surface area contributed by atoms with Crippen molar-refractivity contribution in [3.05, 3.63) is 34.4 Å². The second-order valence-corrected chi connectivity index (χ2v) is 3.97. The molecular formula is C7H8N2O5S. The van der Waals surface area contributed by atoms with Gasteiger partial charge in [-0.1, -0.05) is 0 Å². The van der Waals surface area contributed by atoms with E-state index in [4.69, 9.17) is 0 Å². The Morgan fingerprint density at radius 2 is 1.87 bits per heavy atom. The van der Waals surface area contributed by atoms with Crippen LogP contribution in [-0.2, 0) is 14.5 Å². The first-order valence-electron chi connectivity index (χ1n) is 3.77. The summed E-state index contributed by atoms with van der Waals surface area (Å²) in [6, 6.07) is 4.92. The Balaban J connectivity index is 2.86. The maximum Gasteiger partial charge on any atom is 0.359 e. The van der Waals surface area contributed by atoms with E-state index in [1.165, 1.54) is 24.3 Å². The quantitative estimate of drug-likeness (QED) is 0.614. The molecule has 0 fully saturated rings. The standard InChI is InChI=1S/C7H8N2O5S/c1-14-15(12,13)8-6-2-4-7(5-3-6)9(10)11/h2-5,8H,1H3. The van der Waals surface area contributed by atoms with Crippen molar-refractivity contribution in [2.75, 3.05) is 11.8 Å². The van der Waals surface area contributed by atoms with Crippen molar-refractivity contribution in [1.82, 2.24) is 0 Å². The average Bonchev–Trinajstić information content (AvgIpc) is 2.18. The van der Waals surface area contributed by atoms with Gasteiger partial charge in [-0.15, -0.1) is 0 Å². The minimum absolute atomic E-state index is 0.115. The molecule has 0 radical (unpaired) electrons. The first-order valence-corrected chi connectivity index (χ1v) is 5.18. The van der Waals surface area contributed by atoms with Gasteiger partial charge in [-0.3, -0.25) is 19.0 Å². The molecule has 0 saturated heterocycles. The van der Waals surface area contributed by atoms with E-state index in [2.05, 4.69) is 8.91 Å². The van der Waals surface area contributed by atoms with Gasteiger partial charge in [-0.05, 0) is 12.1 Å². The summed E-state index contributed by atoms with van der Waals surface area (Å²) in [6.07, 6.45) is 0. The molecule has 0 heterocycles. The summed E-state index contributed by atoms with van der Waals surface area (Å²) in [4.78, 5) is 9.72. The molecule has 0 aromatic heterocycles. The Labute approximate surface area is 86.1 Å². The van der Waals surface area contributed by atoms with Crippen LogP contribution in [0.1, 0.15) is 0 Å². The van der Waals surface area contributed by atoms with E-state index < -0.39 is 15.2 Å². The van der Waals surface area contributed by atoms with E-state index in [0.717, 1.165) is 7.11 Å². The van der Waals surface area contributed by atoms with Crippen molar-refractivity contribution in [3.8, 4) is 0 Å². The van der Waals surface area contributed by atoms with E-state index in [-0.39, 0.29) is 11.4 Å². The Hall–Kier alpha value is -1.67. The van der Waals surface area contributed by atoms with Crippen LogP contribution in [0.5, 0.6) is 0 Å². The van der Waals surface area contributed by atoms with Gasteiger partial charge in [-0.2, -0.15) is 8.42 Å². The minimum atomic E-state index is -3.83. The summed E-state index contributed by atoms with van der Waals surface area (Å²) in [5.41, 5.74) is 0.0813. The number of benzene rings is 1. The predicted octanol–water partition coefficient (Wildman–Crippen LogP) is 0.898. The molecule has 0 aliphatic rings. The van der Waals surface area contributed by atoms with Crippen LogP contribution in [0.3, 0.4) is 0 Å². The Morgan fingerprint density at radius 1 is 1.33 bits per heavy atom. The van der Waals surface area contributed by atoms with Gasteiger partial charge in [0.2, 0.25) is 0 Å². The van der Waals surface area contributed by atoms with Gasteiger partial charge in [0.25, 0.3) is 5.69 Å². The van der Waals surface area contributed by atoms with Crippen molar-refractivity contribution in [2.45, 2.75) is 0 Å². The zero-order valence-corrected chi connectivity index (χ0v) is 8.52. The van der Waals surface area contributed by atoms with E-state index >= 15 is 0 Å². The number of hydrogen-bond acceptors (Lipinski definition) is 5. The fourth-order valence-electron chi connectivity index (χ4n) is 0.837. The number of nitrogens with zero attached hydrogens (tertiary/aromatic N) is 1. The lowest BCUT2D eigenvalue weighted by molar-refractivity contribution is -0.384. The van der Waals surface area contributed by atoms with Gasteiger partial charge in [0.15, 0.2) is 0 Å². The maximum atomic E-state index is 10.9. The van der Waals surface area contributed by atoms with Crippen LogP contribution in [0.25, 0.3) is 0 Å². The molecular weight excluding hydrogens is 224 g/mol. The van der Waals surface area contributed by atoms with Crippen LogP contribution in [0.15, 0.2) is 24.3 Å². The highest BCUT2D eigenvalue weighted by molar-refractivity contribution is 7.88. The van der Waals surface area contributed by atoms with Crippen molar-refractivity contribution in [3.63, 3.8) is 0 Å². The SMILES string of the molecule is COS(=O)(=O)Nc1ccc([N+](=O)[O-])cc1. The van der Waals surface area contributed by atoms with Crippen LogP contribution in [0.4, 0.5) is 11.4 Å². The van der Waals surface area contributed by atoms with Crippen molar-refractivity contribution in [1.29, 1.82) is 0 Å². The third-order valence-corrected chi connectivity index (χ3v) is 2.46. The first kappa shape index (κ1) is 11.4. The van der Waals surface area contributed by atoms with Gasteiger partial charge in [-0.25, -0.2) is 0 Å². The molecule has 82 valence electrons. The number of hydrogen-bond donors (Lipinski definition) is 1. The topological polar surface area (TPSA) is 98.5 Å². The number of nitro groups is 1. The molecule has 1 aromatic carbocycles. The number of rotatable bonds is 4. The lowest BCUT2D eigenvalue weighted by Crippen LogP contribution is -2.13. The summed E-state index contributed by atoms with van der Waals surface area (Å²) in [7, 11) is -2.82. The van der Waals surface area contributed by atoms with Crippen molar-refractivity contribution < 1.29 is 17.5 Å². The van der Waals surface area contributed by atoms with Crippen LogP contribution in [0, 0.1) is 10.1 Å². The molecule has 8 heteroatoms. The molecule has 0 aliphatic heterocycles. The summed E-state index contributed by atoms with van der Waals surface area (Å²) in [6.45, 7) is 0. The van der Waals surface area contributed by atoms with E-state index in [0.29, 0.717) is 0 Å². The Bertz CT molecular complexity index is 453. The van der Waals surface area contributed by atoms with Crippen LogP contribution in [-0.4, -0.2) is 20.5 Å². The highest BCUT2D eigenvalue weighted by atomic mass is 32.2. The van der Waals surface area contributed by atoms with Gasteiger partial charge >= 0.3 is 10.3 Å². The van der Waals surface area contributed by atoms with Crippen molar-refractivity contribution in [2.24, 2.45) is 0 Å². The normalized spacial score (nSPS) is 11.0. The van der Waals surface area contributed by atoms with Crippen LogP contribution >= 0.6 is 0 Å². The summed E-state index contributed by atoms with van der Waals surface area (Å²) < 4.78 is 28.0. The van der Waals surface area contributed by atoms with Crippen LogP contribution < -0.4 is 4.72 Å². The largest absolute Gasteiger partial charge is 0.359 e. The fourth-order valence-corrected chi connectivity index (χ4v) is 1.35. The number of nitrogens with one attached hydrogen (secondary N) is 1. The van der Waals surface area contributed by atoms with Crippen molar-refractivity contribution >= 4 is 21.7 Å². The summed E-state index contributed by atoms with van der Waals surface area (Å²) in [5.74, 6) is 0. The number of anilines is 1. The molecule has 1 rings (SSSR count). The number of nitro benzene ring substituents is 1. The third kappa shape index (κ3) is 3.18. The van der Waals surface area contributed by atoms with Crippen LogP contribution in [0.2, 0.25) is 0 Å². The smallest absolute Gasteiger partial charge is 0.261 e. The molecule has 0 spiro atoms. The van der Waals surface area contributed by atoms with Gasteiger partial charge in [0.05, 0.1) is 17.7 Å². The molecule has 0 amide bonds. The van der Waals surface area contributed by atoms with Gasteiger partial charge < -0.3 is 0 Å². The molecule has 1 aromatic rings. The molecule has 7 nitrogen and oxygen atoms in total. The predicted molar refractivity (Wildman–Crippen MR) is 52.6 cm³/mol. The molecule has 0 aliphatic carbocycles. The zero-order chi connectivity index (χ0) is 11.5. The Morgan fingerprint density at radius 3 is 2.27 bits per heavy atom. The molecule has 1 N–H and O–H groups in total. The first-order chi connectivity index (χ1) is 6.94. The summed E-state index contributed by atoms with van der Waals surface area (Å²) >= 11 is 0.